The van der Waals surface area contributed by atoms with Crippen LogP contribution in [-0.2, 0) is 16.4 Å². The minimum absolute atomic E-state index is 0.203. The Hall–Kier alpha value is -4.30. The summed E-state index contributed by atoms with van der Waals surface area (Å²) in [5, 5.41) is -0.508. The molecule has 0 radical (unpaired) electrons. The molecule has 0 atom stereocenters. The minimum atomic E-state index is -3.37. The lowest BCUT2D eigenvalue weighted by atomic mass is 10.1. The predicted octanol–water partition coefficient (Wildman–Crippen LogP) is 5.65. The van der Waals surface area contributed by atoms with E-state index in [9.17, 15) is 13.2 Å². The molecule has 0 aliphatic heterocycles. The highest BCUT2D eigenvalue weighted by atomic mass is 32.2. The molecule has 2 heterocycles. The molecule has 5 rings (SSSR count). The molecule has 0 saturated carbocycles. The lowest BCUT2D eigenvalue weighted by Gasteiger charge is -2.22. The summed E-state index contributed by atoms with van der Waals surface area (Å²) in [6.07, 6.45) is 3.24. The number of carbonyl (C=O) groups excluding carboxylic acids is 1. The Kier molecular flexibility index (Phi) is 6.58. The highest BCUT2D eigenvalue weighted by Crippen LogP contribution is 2.26. The van der Waals surface area contributed by atoms with Crippen LogP contribution < -0.4 is 4.90 Å². The van der Waals surface area contributed by atoms with E-state index in [2.05, 4.69) is 9.97 Å². The van der Waals surface area contributed by atoms with Crippen molar-refractivity contribution in [1.29, 1.82) is 0 Å². The van der Waals surface area contributed by atoms with Gasteiger partial charge in [-0.15, -0.1) is 0 Å². The first kappa shape index (κ1) is 24.4. The van der Waals surface area contributed by atoms with Crippen LogP contribution in [0.4, 0.5) is 5.69 Å². The molecule has 0 spiro atoms. The highest BCUT2D eigenvalue weighted by Gasteiger charge is 2.23. The number of amides is 1. The number of fused-ring (bicyclic) bond motifs is 1. The number of aromatic amines is 1. The molecule has 0 aliphatic rings. The second kappa shape index (κ2) is 9.99. The third-order valence-electron chi connectivity index (χ3n) is 6.21. The van der Waals surface area contributed by atoms with Gasteiger partial charge in [0, 0.05) is 17.4 Å². The molecule has 5 aromatic rings. The Morgan fingerprint density at radius 2 is 1.57 bits per heavy atom. The molecule has 1 amide bonds. The number of sulfone groups is 1. The van der Waals surface area contributed by atoms with Crippen molar-refractivity contribution in [1.82, 2.24) is 15.0 Å². The van der Waals surface area contributed by atoms with Gasteiger partial charge in [0.1, 0.15) is 5.52 Å². The van der Waals surface area contributed by atoms with Gasteiger partial charge >= 0.3 is 0 Å². The maximum Gasteiger partial charge on any atom is 0.262 e. The average molecular weight is 511 g/mol. The fourth-order valence-electron chi connectivity index (χ4n) is 4.08. The smallest absolute Gasteiger partial charge is 0.262 e. The predicted molar refractivity (Wildman–Crippen MR) is 145 cm³/mol. The average Bonchev–Trinajstić information content (AvgIpc) is 3.36. The van der Waals surface area contributed by atoms with Crippen LogP contribution in [0.2, 0.25) is 0 Å². The van der Waals surface area contributed by atoms with Gasteiger partial charge in [-0.1, -0.05) is 60.7 Å². The monoisotopic (exact) mass is 510 g/mol. The Labute approximate surface area is 215 Å². The maximum absolute atomic E-state index is 13.9. The summed E-state index contributed by atoms with van der Waals surface area (Å²) >= 11 is 0. The first-order chi connectivity index (χ1) is 17.8. The van der Waals surface area contributed by atoms with Crippen LogP contribution in [0.5, 0.6) is 0 Å². The molecule has 0 fully saturated rings. The summed E-state index contributed by atoms with van der Waals surface area (Å²) in [7, 11) is -3.37. The van der Waals surface area contributed by atoms with Crippen molar-refractivity contribution in [2.75, 3.05) is 4.90 Å². The van der Waals surface area contributed by atoms with Crippen LogP contribution in [0, 0.1) is 0 Å². The Balaban J connectivity index is 1.52. The number of hydrogen-bond acceptors (Lipinski definition) is 5. The third kappa shape index (κ3) is 4.88. The molecule has 1 N–H and O–H groups in total. The van der Waals surface area contributed by atoms with Crippen LogP contribution in [0.25, 0.3) is 22.4 Å². The fraction of sp³-hybridized carbons (Fsp3) is 0.138. The summed E-state index contributed by atoms with van der Waals surface area (Å²) in [4.78, 5) is 28.1. The zero-order valence-corrected chi connectivity index (χ0v) is 21.3. The van der Waals surface area contributed by atoms with Gasteiger partial charge in [0.25, 0.3) is 5.91 Å². The number of nitrogens with one attached hydrogen (secondary N) is 1. The van der Waals surface area contributed by atoms with Gasteiger partial charge in [-0.05, 0) is 43.7 Å². The van der Waals surface area contributed by atoms with Gasteiger partial charge in [0.15, 0.2) is 15.5 Å². The SMILES string of the molecule is CC(C)S(=O)(=O)c1ccc(-c2cnc3[nH]cc(C(=O)N(Cc4ccccc4)c4ccccc4)c3n2)cc1. The van der Waals surface area contributed by atoms with Gasteiger partial charge in [-0.2, -0.15) is 0 Å². The molecule has 0 aliphatic carbocycles. The fourth-order valence-corrected chi connectivity index (χ4v) is 5.14. The summed E-state index contributed by atoms with van der Waals surface area (Å²) in [6.45, 7) is 3.71. The lowest BCUT2D eigenvalue weighted by Crippen LogP contribution is -2.30. The first-order valence-corrected chi connectivity index (χ1v) is 13.5. The molecule has 8 heteroatoms. The summed E-state index contributed by atoms with van der Waals surface area (Å²) in [6, 6.07) is 25.9. The van der Waals surface area contributed by atoms with Gasteiger partial charge in [0.05, 0.1) is 34.1 Å². The van der Waals surface area contributed by atoms with Crippen LogP contribution in [0.3, 0.4) is 0 Å². The molecule has 0 unspecified atom stereocenters. The number of aromatic nitrogens is 3. The Morgan fingerprint density at radius 1 is 0.919 bits per heavy atom. The van der Waals surface area contributed by atoms with Crippen molar-refractivity contribution in [2.45, 2.75) is 30.5 Å². The molecule has 3 aromatic carbocycles. The van der Waals surface area contributed by atoms with E-state index in [-0.39, 0.29) is 10.8 Å². The summed E-state index contributed by atoms with van der Waals surface area (Å²) in [5.74, 6) is -0.203. The number of H-pyrrole nitrogens is 1. The largest absolute Gasteiger partial charge is 0.344 e. The summed E-state index contributed by atoms with van der Waals surface area (Å²) < 4.78 is 25.0. The summed E-state index contributed by atoms with van der Waals surface area (Å²) in [5.41, 5.74) is 4.39. The van der Waals surface area contributed by atoms with E-state index >= 15 is 0 Å². The van der Waals surface area contributed by atoms with Gasteiger partial charge in [-0.3, -0.25) is 4.79 Å². The standard InChI is InChI=1S/C29H26N4O3S/c1-20(2)37(35,36)24-15-13-22(14-16-24)26-18-31-28-27(32-26)25(17-30-28)29(34)33(23-11-7-4-8-12-23)19-21-9-5-3-6-10-21/h3-18,20H,19H2,1-2H3,(H,30,31). The topological polar surface area (TPSA) is 96.0 Å². The second-order valence-electron chi connectivity index (χ2n) is 8.99. The van der Waals surface area contributed by atoms with Crippen molar-refractivity contribution in [2.24, 2.45) is 0 Å². The number of hydrogen-bond donors (Lipinski definition) is 1. The lowest BCUT2D eigenvalue weighted by molar-refractivity contribution is 0.0986. The number of rotatable bonds is 7. The van der Waals surface area contributed by atoms with E-state index in [4.69, 9.17) is 4.98 Å². The van der Waals surface area contributed by atoms with E-state index in [0.29, 0.717) is 34.5 Å². The quantitative estimate of drug-likeness (QED) is 0.305. The Morgan fingerprint density at radius 3 is 2.22 bits per heavy atom. The van der Waals surface area contributed by atoms with Crippen LogP contribution >= 0.6 is 0 Å². The molecule has 186 valence electrons. The molecule has 0 bridgehead atoms. The van der Waals surface area contributed by atoms with Gasteiger partial charge in [0.2, 0.25) is 0 Å². The van der Waals surface area contributed by atoms with Crippen LogP contribution in [0.15, 0.2) is 102 Å². The molecule has 7 nitrogen and oxygen atoms in total. The molecule has 0 saturated heterocycles. The minimum Gasteiger partial charge on any atom is -0.344 e. The molecular formula is C29H26N4O3S. The van der Waals surface area contributed by atoms with Crippen LogP contribution in [0.1, 0.15) is 29.8 Å². The van der Waals surface area contributed by atoms with Gasteiger partial charge < -0.3 is 9.88 Å². The number of benzene rings is 3. The number of para-hydroxylation sites is 1. The van der Waals surface area contributed by atoms with E-state index in [1.165, 1.54) is 0 Å². The van der Waals surface area contributed by atoms with Crippen molar-refractivity contribution < 1.29 is 13.2 Å². The van der Waals surface area contributed by atoms with Gasteiger partial charge in [-0.25, -0.2) is 18.4 Å². The second-order valence-corrected chi connectivity index (χ2v) is 11.5. The Bertz CT molecular complexity index is 1650. The molecular weight excluding hydrogens is 484 g/mol. The van der Waals surface area contributed by atoms with Crippen molar-refractivity contribution in [3.8, 4) is 11.3 Å². The molecule has 2 aromatic heterocycles. The van der Waals surface area contributed by atoms with E-state index in [0.717, 1.165) is 11.3 Å². The van der Waals surface area contributed by atoms with E-state index in [1.807, 2.05) is 60.7 Å². The van der Waals surface area contributed by atoms with Crippen LogP contribution in [-0.4, -0.2) is 34.5 Å². The van der Waals surface area contributed by atoms with E-state index in [1.54, 1.807) is 55.4 Å². The number of anilines is 1. The maximum atomic E-state index is 13.9. The zero-order valence-electron chi connectivity index (χ0n) is 20.5. The third-order valence-corrected chi connectivity index (χ3v) is 8.38. The first-order valence-electron chi connectivity index (χ1n) is 11.9. The number of nitrogens with zero attached hydrogens (tertiary/aromatic N) is 3. The normalized spacial score (nSPS) is 11.6. The highest BCUT2D eigenvalue weighted by molar-refractivity contribution is 7.92. The van der Waals surface area contributed by atoms with Crippen molar-refractivity contribution in [3.05, 3.63) is 108 Å². The van der Waals surface area contributed by atoms with E-state index < -0.39 is 15.1 Å². The number of carbonyl (C=O) groups is 1. The van der Waals surface area contributed by atoms with Crippen molar-refractivity contribution >= 4 is 32.6 Å². The molecule has 37 heavy (non-hydrogen) atoms. The zero-order chi connectivity index (χ0) is 26.0. The van der Waals surface area contributed by atoms with Crippen molar-refractivity contribution in [3.63, 3.8) is 0 Å².